The molecule has 104 valence electrons. The topological polar surface area (TPSA) is 44.4 Å². The molecular formula is C14H27N3O. The Morgan fingerprint density at radius 3 is 2.44 bits per heavy atom. The fraction of sp³-hybridized carbons (Fsp3) is 0.929. The van der Waals surface area contributed by atoms with E-state index in [-0.39, 0.29) is 5.91 Å². The molecule has 0 aromatic heterocycles. The van der Waals surface area contributed by atoms with Crippen LogP contribution >= 0.6 is 0 Å². The Hall–Kier alpha value is -0.610. The van der Waals surface area contributed by atoms with Crippen LogP contribution in [0.15, 0.2) is 0 Å². The van der Waals surface area contributed by atoms with Crippen LogP contribution in [0.4, 0.5) is 0 Å². The van der Waals surface area contributed by atoms with Gasteiger partial charge in [0.2, 0.25) is 5.91 Å². The molecule has 18 heavy (non-hydrogen) atoms. The third-order valence-corrected chi connectivity index (χ3v) is 4.53. The summed E-state index contributed by atoms with van der Waals surface area (Å²) >= 11 is 0. The number of carbonyl (C=O) groups is 1. The van der Waals surface area contributed by atoms with Crippen LogP contribution in [-0.2, 0) is 4.79 Å². The van der Waals surface area contributed by atoms with E-state index in [1.807, 2.05) is 0 Å². The molecule has 0 aromatic carbocycles. The second kappa shape index (κ2) is 6.53. The Balaban J connectivity index is 1.69. The molecule has 1 unspecified atom stereocenters. The van der Waals surface area contributed by atoms with E-state index in [0.717, 1.165) is 25.3 Å². The first-order valence-corrected chi connectivity index (χ1v) is 7.48. The van der Waals surface area contributed by atoms with Crippen molar-refractivity contribution >= 4 is 5.91 Å². The quantitative estimate of drug-likeness (QED) is 0.741. The Labute approximate surface area is 110 Å². The van der Waals surface area contributed by atoms with E-state index in [0.29, 0.717) is 18.6 Å². The Bertz CT molecular complexity index is 270. The number of hydrogen-bond donors (Lipinski definition) is 2. The molecule has 0 aromatic rings. The molecule has 4 heteroatoms. The van der Waals surface area contributed by atoms with Gasteiger partial charge in [-0.1, -0.05) is 13.8 Å². The first kappa shape index (κ1) is 13.8. The zero-order valence-electron chi connectivity index (χ0n) is 11.7. The van der Waals surface area contributed by atoms with Gasteiger partial charge in [-0.2, -0.15) is 0 Å². The minimum Gasteiger partial charge on any atom is -0.352 e. The van der Waals surface area contributed by atoms with Crippen LogP contribution in [0.5, 0.6) is 0 Å². The predicted molar refractivity (Wildman–Crippen MR) is 73.5 cm³/mol. The van der Waals surface area contributed by atoms with E-state index in [1.165, 1.54) is 25.9 Å². The smallest absolute Gasteiger partial charge is 0.234 e. The molecule has 0 radical (unpaired) electrons. The van der Waals surface area contributed by atoms with E-state index >= 15 is 0 Å². The molecule has 1 atom stereocenters. The van der Waals surface area contributed by atoms with Crippen LogP contribution in [0.2, 0.25) is 0 Å². The summed E-state index contributed by atoms with van der Waals surface area (Å²) in [7, 11) is 0. The molecule has 2 bridgehead atoms. The highest BCUT2D eigenvalue weighted by atomic mass is 16.1. The number of amides is 1. The van der Waals surface area contributed by atoms with E-state index in [2.05, 4.69) is 29.4 Å². The monoisotopic (exact) mass is 253 g/mol. The first-order valence-electron chi connectivity index (χ1n) is 7.48. The standard InChI is InChI=1S/C14H27N3O/c1-3-12(4-2)16-14(18)9-15-13-10-17-7-5-11(13)6-8-17/h11-13,15H,3-10H2,1-2H3,(H,16,18). The average molecular weight is 253 g/mol. The summed E-state index contributed by atoms with van der Waals surface area (Å²) < 4.78 is 0. The lowest BCUT2D eigenvalue weighted by Crippen LogP contribution is -2.57. The first-order chi connectivity index (χ1) is 8.72. The third-order valence-electron chi connectivity index (χ3n) is 4.53. The molecule has 3 heterocycles. The second-order valence-electron chi connectivity index (χ2n) is 5.71. The molecule has 0 aliphatic carbocycles. The van der Waals surface area contributed by atoms with Crippen LogP contribution in [-0.4, -0.2) is 49.1 Å². The molecule has 4 nitrogen and oxygen atoms in total. The molecule has 3 rings (SSSR count). The van der Waals surface area contributed by atoms with Gasteiger partial charge in [0, 0.05) is 18.6 Å². The van der Waals surface area contributed by atoms with Gasteiger partial charge in [-0.15, -0.1) is 0 Å². The van der Waals surface area contributed by atoms with Gasteiger partial charge in [0.15, 0.2) is 0 Å². The SMILES string of the molecule is CCC(CC)NC(=O)CNC1CN2CCC1CC2. The normalized spacial score (nSPS) is 30.7. The largest absolute Gasteiger partial charge is 0.352 e. The number of carbonyl (C=O) groups excluding carboxylic acids is 1. The van der Waals surface area contributed by atoms with E-state index < -0.39 is 0 Å². The Morgan fingerprint density at radius 1 is 1.28 bits per heavy atom. The number of nitrogens with one attached hydrogen (secondary N) is 2. The Morgan fingerprint density at radius 2 is 1.94 bits per heavy atom. The van der Waals surface area contributed by atoms with Crippen molar-refractivity contribution in [2.75, 3.05) is 26.2 Å². The van der Waals surface area contributed by atoms with Crippen molar-refractivity contribution < 1.29 is 4.79 Å². The minimum absolute atomic E-state index is 0.153. The van der Waals surface area contributed by atoms with Gasteiger partial charge < -0.3 is 15.5 Å². The maximum atomic E-state index is 11.8. The molecular weight excluding hydrogens is 226 g/mol. The molecule has 3 fully saturated rings. The van der Waals surface area contributed by atoms with E-state index in [4.69, 9.17) is 0 Å². The predicted octanol–water partition coefficient (Wildman–Crippen LogP) is 0.975. The molecule has 1 amide bonds. The van der Waals surface area contributed by atoms with Crippen molar-refractivity contribution in [2.45, 2.75) is 51.6 Å². The van der Waals surface area contributed by atoms with Crippen molar-refractivity contribution in [3.63, 3.8) is 0 Å². The zero-order valence-corrected chi connectivity index (χ0v) is 11.7. The van der Waals surface area contributed by atoms with Gasteiger partial charge in [0.25, 0.3) is 0 Å². The van der Waals surface area contributed by atoms with Crippen molar-refractivity contribution in [3.05, 3.63) is 0 Å². The molecule has 3 aliphatic rings. The fourth-order valence-corrected chi connectivity index (χ4v) is 3.19. The zero-order chi connectivity index (χ0) is 13.0. The molecule has 2 N–H and O–H groups in total. The molecule has 0 saturated carbocycles. The second-order valence-corrected chi connectivity index (χ2v) is 5.71. The van der Waals surface area contributed by atoms with E-state index in [9.17, 15) is 4.79 Å². The highest BCUT2D eigenvalue weighted by Crippen LogP contribution is 2.27. The lowest BCUT2D eigenvalue weighted by molar-refractivity contribution is -0.121. The highest BCUT2D eigenvalue weighted by molar-refractivity contribution is 5.78. The van der Waals surface area contributed by atoms with Crippen molar-refractivity contribution in [1.82, 2.24) is 15.5 Å². The summed E-state index contributed by atoms with van der Waals surface area (Å²) in [4.78, 5) is 14.3. The number of nitrogens with zero attached hydrogens (tertiary/aromatic N) is 1. The third kappa shape index (κ3) is 3.45. The number of hydrogen-bond acceptors (Lipinski definition) is 3. The van der Waals surface area contributed by atoms with Gasteiger partial charge in [-0.25, -0.2) is 0 Å². The minimum atomic E-state index is 0.153. The summed E-state index contributed by atoms with van der Waals surface area (Å²) in [6.45, 7) is 8.35. The Kier molecular flexibility index (Phi) is 5.01. The van der Waals surface area contributed by atoms with Gasteiger partial charge in [0.1, 0.15) is 0 Å². The number of piperidine rings is 3. The summed E-state index contributed by atoms with van der Waals surface area (Å²) in [6, 6.07) is 0.866. The summed E-state index contributed by atoms with van der Waals surface area (Å²) in [5.41, 5.74) is 0. The lowest BCUT2D eigenvalue weighted by atomic mass is 9.84. The summed E-state index contributed by atoms with van der Waals surface area (Å²) in [6.07, 6.45) is 4.63. The van der Waals surface area contributed by atoms with Crippen LogP contribution in [0.3, 0.4) is 0 Å². The molecule has 0 spiro atoms. The molecule has 3 saturated heterocycles. The number of fused-ring (bicyclic) bond motifs is 3. The lowest BCUT2D eigenvalue weighted by Gasteiger charge is -2.45. The van der Waals surface area contributed by atoms with Gasteiger partial charge in [-0.05, 0) is 44.7 Å². The maximum absolute atomic E-state index is 11.8. The van der Waals surface area contributed by atoms with Crippen LogP contribution < -0.4 is 10.6 Å². The van der Waals surface area contributed by atoms with Gasteiger partial charge in [-0.3, -0.25) is 4.79 Å². The summed E-state index contributed by atoms with van der Waals surface area (Å²) in [5, 5.41) is 6.54. The fourth-order valence-electron chi connectivity index (χ4n) is 3.19. The van der Waals surface area contributed by atoms with Crippen molar-refractivity contribution in [1.29, 1.82) is 0 Å². The highest BCUT2D eigenvalue weighted by Gasteiger charge is 2.33. The van der Waals surface area contributed by atoms with Crippen LogP contribution in [0.1, 0.15) is 39.5 Å². The van der Waals surface area contributed by atoms with Gasteiger partial charge in [0.05, 0.1) is 6.54 Å². The van der Waals surface area contributed by atoms with E-state index in [1.54, 1.807) is 0 Å². The van der Waals surface area contributed by atoms with Crippen LogP contribution in [0.25, 0.3) is 0 Å². The van der Waals surface area contributed by atoms with Crippen molar-refractivity contribution in [3.8, 4) is 0 Å². The van der Waals surface area contributed by atoms with Crippen molar-refractivity contribution in [2.24, 2.45) is 5.92 Å². The summed E-state index contributed by atoms with van der Waals surface area (Å²) in [5.74, 6) is 0.941. The number of rotatable bonds is 6. The molecule has 3 aliphatic heterocycles. The average Bonchev–Trinajstić information content (AvgIpc) is 2.44. The van der Waals surface area contributed by atoms with Gasteiger partial charge >= 0.3 is 0 Å². The van der Waals surface area contributed by atoms with Crippen LogP contribution in [0, 0.1) is 5.92 Å². The maximum Gasteiger partial charge on any atom is 0.234 e.